The molecule has 0 unspecified atom stereocenters. The minimum absolute atomic E-state index is 0.0495. The van der Waals surface area contributed by atoms with Crippen LogP contribution in [0.5, 0.6) is 0 Å². The minimum atomic E-state index is 0.0495. The summed E-state index contributed by atoms with van der Waals surface area (Å²) in [5, 5.41) is 4.54. The number of methoxy groups -OCH3 is 1. The van der Waals surface area contributed by atoms with E-state index in [-0.39, 0.29) is 17.9 Å². The van der Waals surface area contributed by atoms with Crippen molar-refractivity contribution in [2.75, 3.05) is 18.6 Å². The predicted octanol–water partition coefficient (Wildman–Crippen LogP) is 7.84. The van der Waals surface area contributed by atoms with E-state index in [4.69, 9.17) is 10.5 Å². The maximum Gasteiger partial charge on any atom is 0.230 e. The van der Waals surface area contributed by atoms with Crippen LogP contribution in [0.2, 0.25) is 0 Å². The number of amides is 1. The molecule has 41 heavy (non-hydrogen) atoms. The predicted molar refractivity (Wildman–Crippen MR) is 169 cm³/mol. The molecule has 0 radical (unpaired) electrons. The Hall–Kier alpha value is -3.12. The molecule has 1 aromatic heterocycles. The van der Waals surface area contributed by atoms with Crippen LogP contribution in [0.4, 0.5) is 5.69 Å². The number of benzene rings is 1. The van der Waals surface area contributed by atoms with E-state index in [9.17, 15) is 4.79 Å². The van der Waals surface area contributed by atoms with Crippen LogP contribution in [-0.2, 0) is 9.53 Å². The zero-order valence-electron chi connectivity index (χ0n) is 25.8. The van der Waals surface area contributed by atoms with Crippen molar-refractivity contribution in [1.29, 1.82) is 0 Å². The average Bonchev–Trinajstić information content (AvgIpc) is 3.47. The topological polar surface area (TPSA) is 73.4 Å². The number of carbonyl (C=O) groups excluding carboxylic acids is 1. The van der Waals surface area contributed by atoms with Gasteiger partial charge in [0.2, 0.25) is 5.91 Å². The SMILES string of the molecule is C=C(/C=C\C(OC)=C(C)C)[C@H]1CC[C@H](CN(c2cccc(-c3cnn(C(C)C)c3)c2)C(=O)[C@H]2CC[C@H](N)CC2)CC1. The largest absolute Gasteiger partial charge is 0.497 e. The van der Waals surface area contributed by atoms with E-state index < -0.39 is 0 Å². The number of nitrogens with two attached hydrogens (primary N) is 1. The molecule has 1 amide bonds. The normalized spacial score (nSPS) is 23.0. The second kappa shape index (κ2) is 14.2. The fraction of sp³-hybridized carbons (Fsp3) is 0.543. The first-order valence-corrected chi connectivity index (χ1v) is 15.5. The molecule has 0 atom stereocenters. The highest BCUT2D eigenvalue weighted by atomic mass is 16.5. The van der Waals surface area contributed by atoms with Gasteiger partial charge in [-0.1, -0.05) is 30.4 Å². The molecule has 2 aromatic rings. The molecule has 1 heterocycles. The first-order chi connectivity index (χ1) is 19.7. The van der Waals surface area contributed by atoms with Crippen LogP contribution in [0.1, 0.15) is 85.1 Å². The fourth-order valence-electron chi connectivity index (χ4n) is 6.26. The standard InChI is InChI=1S/C35H50N4O2/c1-24(2)34(41-6)19-10-26(5)28-13-11-27(12-14-28)22-38(35(40)29-15-17-32(36)18-16-29)33-9-7-8-30(20-33)31-21-37-39(23-31)25(3)4/h7-10,19-21,23,25,27-29,32H,5,11-18,22,36H2,1-4,6H3/b19-10-/t27-,28-,29-,32-. The van der Waals surface area contributed by atoms with Gasteiger partial charge in [0.1, 0.15) is 5.76 Å². The number of hydrogen-bond acceptors (Lipinski definition) is 4. The van der Waals surface area contributed by atoms with E-state index >= 15 is 0 Å². The number of anilines is 1. The summed E-state index contributed by atoms with van der Waals surface area (Å²) in [5.74, 6) is 2.15. The number of aromatic nitrogens is 2. The molecule has 2 aliphatic carbocycles. The van der Waals surface area contributed by atoms with Crippen molar-refractivity contribution in [3.8, 4) is 11.1 Å². The molecule has 0 spiro atoms. The highest BCUT2D eigenvalue weighted by Crippen LogP contribution is 2.36. The summed E-state index contributed by atoms with van der Waals surface area (Å²) in [6.07, 6.45) is 16.2. The van der Waals surface area contributed by atoms with Crippen molar-refractivity contribution in [3.05, 3.63) is 72.3 Å². The molecule has 2 N–H and O–H groups in total. The molecule has 0 bridgehead atoms. The molecule has 222 valence electrons. The summed E-state index contributed by atoms with van der Waals surface area (Å²) in [7, 11) is 1.71. The van der Waals surface area contributed by atoms with E-state index in [0.29, 0.717) is 17.9 Å². The second-order valence-corrected chi connectivity index (χ2v) is 12.6. The fourth-order valence-corrected chi connectivity index (χ4v) is 6.26. The molecule has 2 saturated carbocycles. The molecule has 6 heteroatoms. The van der Waals surface area contributed by atoms with E-state index in [1.165, 1.54) is 5.57 Å². The number of nitrogens with zero attached hydrogens (tertiary/aromatic N) is 3. The Labute approximate surface area is 247 Å². The Morgan fingerprint density at radius 2 is 1.76 bits per heavy atom. The van der Waals surface area contributed by atoms with Crippen molar-refractivity contribution in [2.24, 2.45) is 23.5 Å². The number of ether oxygens (including phenoxy) is 1. The smallest absolute Gasteiger partial charge is 0.230 e. The van der Waals surface area contributed by atoms with Crippen LogP contribution >= 0.6 is 0 Å². The summed E-state index contributed by atoms with van der Waals surface area (Å²) in [6.45, 7) is 13.5. The third-order valence-corrected chi connectivity index (χ3v) is 8.98. The van der Waals surface area contributed by atoms with Gasteiger partial charge >= 0.3 is 0 Å². The number of rotatable bonds is 10. The first-order valence-electron chi connectivity index (χ1n) is 15.5. The maximum atomic E-state index is 14.1. The van der Waals surface area contributed by atoms with Gasteiger partial charge in [0, 0.05) is 42.0 Å². The molecule has 2 aliphatic rings. The molecular formula is C35H50N4O2. The molecule has 2 fully saturated rings. The van der Waals surface area contributed by atoms with Crippen molar-refractivity contribution in [3.63, 3.8) is 0 Å². The van der Waals surface area contributed by atoms with Crippen LogP contribution in [0.25, 0.3) is 11.1 Å². The summed E-state index contributed by atoms with van der Waals surface area (Å²) in [5.41, 5.74) is 11.7. The summed E-state index contributed by atoms with van der Waals surface area (Å²) >= 11 is 0. The van der Waals surface area contributed by atoms with Crippen LogP contribution < -0.4 is 10.6 Å². The van der Waals surface area contributed by atoms with Gasteiger partial charge in [0.05, 0.1) is 13.3 Å². The number of carbonyl (C=O) groups is 1. The van der Waals surface area contributed by atoms with Gasteiger partial charge in [-0.05, 0) is 120 Å². The Bertz CT molecular complexity index is 1240. The monoisotopic (exact) mass is 558 g/mol. The van der Waals surface area contributed by atoms with Gasteiger partial charge in [0.15, 0.2) is 0 Å². The lowest BCUT2D eigenvalue weighted by molar-refractivity contribution is -0.123. The van der Waals surface area contributed by atoms with Crippen molar-refractivity contribution in [1.82, 2.24) is 9.78 Å². The zero-order chi connectivity index (χ0) is 29.5. The summed E-state index contributed by atoms with van der Waals surface area (Å²) < 4.78 is 7.46. The molecule has 4 rings (SSSR count). The Morgan fingerprint density at radius 1 is 1.07 bits per heavy atom. The van der Waals surface area contributed by atoms with Crippen molar-refractivity contribution < 1.29 is 9.53 Å². The number of hydrogen-bond donors (Lipinski definition) is 1. The third-order valence-electron chi connectivity index (χ3n) is 8.98. The Kier molecular flexibility index (Phi) is 10.7. The van der Waals surface area contributed by atoms with Gasteiger partial charge in [-0.2, -0.15) is 5.10 Å². The lowest BCUT2D eigenvalue weighted by Crippen LogP contribution is -2.42. The molecule has 0 aliphatic heterocycles. The third kappa shape index (κ3) is 8.00. The molecular weight excluding hydrogens is 508 g/mol. The Morgan fingerprint density at radius 3 is 2.37 bits per heavy atom. The summed E-state index contributed by atoms with van der Waals surface area (Å²) in [4.78, 5) is 16.1. The highest BCUT2D eigenvalue weighted by Gasteiger charge is 2.32. The van der Waals surface area contributed by atoms with E-state index in [1.807, 2.05) is 17.0 Å². The van der Waals surface area contributed by atoms with Crippen LogP contribution in [-0.4, -0.2) is 35.4 Å². The highest BCUT2D eigenvalue weighted by molar-refractivity contribution is 5.95. The quantitative estimate of drug-likeness (QED) is 0.238. The lowest BCUT2D eigenvalue weighted by Gasteiger charge is -2.36. The molecule has 0 saturated heterocycles. The van der Waals surface area contributed by atoms with E-state index in [0.717, 1.165) is 86.1 Å². The molecule has 1 aromatic carbocycles. The zero-order valence-corrected chi connectivity index (χ0v) is 25.8. The van der Waals surface area contributed by atoms with Crippen molar-refractivity contribution >= 4 is 11.6 Å². The van der Waals surface area contributed by atoms with Gasteiger partial charge in [-0.25, -0.2) is 0 Å². The first kappa shape index (κ1) is 30.8. The van der Waals surface area contributed by atoms with Gasteiger partial charge < -0.3 is 15.4 Å². The van der Waals surface area contributed by atoms with Crippen LogP contribution in [0.15, 0.2) is 72.3 Å². The van der Waals surface area contributed by atoms with Crippen LogP contribution in [0, 0.1) is 17.8 Å². The lowest BCUT2D eigenvalue weighted by atomic mass is 9.78. The molecule has 6 nitrogen and oxygen atoms in total. The van der Waals surface area contributed by atoms with Crippen molar-refractivity contribution in [2.45, 2.75) is 91.1 Å². The maximum absolute atomic E-state index is 14.1. The Balaban J connectivity index is 1.49. The van der Waals surface area contributed by atoms with E-state index in [2.05, 4.69) is 80.8 Å². The average molecular weight is 559 g/mol. The van der Waals surface area contributed by atoms with Gasteiger partial charge in [-0.15, -0.1) is 0 Å². The van der Waals surface area contributed by atoms with Gasteiger partial charge in [-0.3, -0.25) is 9.48 Å². The summed E-state index contributed by atoms with van der Waals surface area (Å²) in [6, 6.07) is 8.98. The number of allylic oxidation sites excluding steroid dienone is 4. The van der Waals surface area contributed by atoms with Gasteiger partial charge in [0.25, 0.3) is 0 Å². The second-order valence-electron chi connectivity index (χ2n) is 12.6. The van der Waals surface area contributed by atoms with E-state index in [1.54, 1.807) is 7.11 Å². The minimum Gasteiger partial charge on any atom is -0.497 e. The van der Waals surface area contributed by atoms with Crippen LogP contribution in [0.3, 0.4) is 0 Å².